The van der Waals surface area contributed by atoms with Gasteiger partial charge in [-0.15, -0.1) is 24.0 Å². The fraction of sp³-hybridized carbons (Fsp3) is 0.474. The van der Waals surface area contributed by atoms with Crippen LogP contribution in [0.5, 0.6) is 0 Å². The van der Waals surface area contributed by atoms with E-state index < -0.39 is 0 Å². The van der Waals surface area contributed by atoms with Crippen molar-refractivity contribution in [2.45, 2.75) is 26.8 Å². The molecule has 0 aliphatic rings. The summed E-state index contributed by atoms with van der Waals surface area (Å²) in [5.74, 6) is 1.35. The van der Waals surface area contributed by atoms with Gasteiger partial charge in [-0.3, -0.25) is 4.99 Å². The minimum atomic E-state index is 0. The van der Waals surface area contributed by atoms with Crippen molar-refractivity contribution in [2.24, 2.45) is 10.9 Å². The van der Waals surface area contributed by atoms with Crippen LogP contribution < -0.4 is 10.6 Å². The summed E-state index contributed by atoms with van der Waals surface area (Å²) in [6, 6.07) is 7.59. The lowest BCUT2D eigenvalue weighted by atomic mass is 10.2. The fourth-order valence-electron chi connectivity index (χ4n) is 2.29. The molecule has 6 nitrogen and oxygen atoms in total. The van der Waals surface area contributed by atoms with E-state index in [4.69, 9.17) is 16.3 Å². The normalized spacial score (nSPS) is 11.4. The van der Waals surface area contributed by atoms with E-state index in [2.05, 4.69) is 34.6 Å². The fourth-order valence-corrected chi connectivity index (χ4v) is 2.42. The van der Waals surface area contributed by atoms with Gasteiger partial charge in [-0.1, -0.05) is 25.4 Å². The first-order chi connectivity index (χ1) is 12.6. The molecule has 1 heterocycles. The molecule has 8 heteroatoms. The molecule has 0 spiro atoms. The molecule has 0 aliphatic heterocycles. The molecule has 2 rings (SSSR count). The third kappa shape index (κ3) is 8.94. The molecular formula is C19H29ClIN5O. The number of nitrogens with zero attached hydrogens (tertiary/aromatic N) is 3. The third-order valence-corrected chi connectivity index (χ3v) is 3.87. The largest absolute Gasteiger partial charge is 0.381 e. The van der Waals surface area contributed by atoms with Crippen molar-refractivity contribution < 1.29 is 4.74 Å². The van der Waals surface area contributed by atoms with Gasteiger partial charge in [0.2, 0.25) is 0 Å². The maximum Gasteiger partial charge on any atom is 0.191 e. The number of aromatic nitrogens is 2. The molecule has 27 heavy (non-hydrogen) atoms. The summed E-state index contributed by atoms with van der Waals surface area (Å²) < 4.78 is 7.40. The minimum Gasteiger partial charge on any atom is -0.381 e. The first-order valence-corrected chi connectivity index (χ1v) is 9.28. The second-order valence-electron chi connectivity index (χ2n) is 6.44. The summed E-state index contributed by atoms with van der Waals surface area (Å²) in [4.78, 5) is 4.24. The van der Waals surface area contributed by atoms with Crippen LogP contribution in [-0.4, -0.2) is 42.5 Å². The van der Waals surface area contributed by atoms with Crippen LogP contribution in [0.3, 0.4) is 0 Å². The monoisotopic (exact) mass is 505 g/mol. The van der Waals surface area contributed by atoms with Gasteiger partial charge in [0.05, 0.1) is 11.9 Å². The van der Waals surface area contributed by atoms with Crippen LogP contribution >= 0.6 is 35.6 Å². The van der Waals surface area contributed by atoms with Crippen molar-refractivity contribution in [3.8, 4) is 5.69 Å². The highest BCUT2D eigenvalue weighted by Crippen LogP contribution is 2.13. The predicted octanol–water partition coefficient (Wildman–Crippen LogP) is 3.87. The van der Waals surface area contributed by atoms with Crippen LogP contribution in [0.2, 0.25) is 5.02 Å². The van der Waals surface area contributed by atoms with Gasteiger partial charge >= 0.3 is 0 Å². The Morgan fingerprint density at radius 1 is 1.26 bits per heavy atom. The van der Waals surface area contributed by atoms with E-state index in [1.165, 1.54) is 0 Å². The molecule has 0 atom stereocenters. The van der Waals surface area contributed by atoms with Gasteiger partial charge in [0.25, 0.3) is 0 Å². The highest BCUT2D eigenvalue weighted by molar-refractivity contribution is 14.0. The van der Waals surface area contributed by atoms with Crippen LogP contribution in [0.15, 0.2) is 41.7 Å². The van der Waals surface area contributed by atoms with Gasteiger partial charge in [-0.25, -0.2) is 4.68 Å². The van der Waals surface area contributed by atoms with Crippen LogP contribution in [-0.2, 0) is 11.3 Å². The number of hydrogen-bond acceptors (Lipinski definition) is 3. The molecule has 0 amide bonds. The van der Waals surface area contributed by atoms with Gasteiger partial charge in [0, 0.05) is 50.1 Å². The Morgan fingerprint density at radius 2 is 2.00 bits per heavy atom. The molecule has 0 fully saturated rings. The quantitative estimate of drug-likeness (QED) is 0.235. The highest BCUT2D eigenvalue weighted by Gasteiger charge is 2.03. The van der Waals surface area contributed by atoms with Crippen LogP contribution in [0, 0.1) is 5.92 Å². The van der Waals surface area contributed by atoms with E-state index in [9.17, 15) is 0 Å². The minimum absolute atomic E-state index is 0. The van der Waals surface area contributed by atoms with Crippen molar-refractivity contribution in [3.05, 3.63) is 47.2 Å². The van der Waals surface area contributed by atoms with Crippen molar-refractivity contribution in [1.29, 1.82) is 0 Å². The van der Waals surface area contributed by atoms with Gasteiger partial charge in [-0.05, 0) is 36.6 Å². The molecule has 0 unspecified atom stereocenters. The van der Waals surface area contributed by atoms with Crippen LogP contribution in [0.1, 0.15) is 25.8 Å². The summed E-state index contributed by atoms with van der Waals surface area (Å²) in [5, 5.41) is 11.7. The molecule has 0 aliphatic carbocycles. The van der Waals surface area contributed by atoms with E-state index in [1.54, 1.807) is 7.05 Å². The standard InChI is InChI=1S/C19H28ClN5O.HI/c1-15(2)14-26-10-4-9-22-19(21-3)23-11-16-12-24-25(13-16)18-7-5-17(20)6-8-18;/h5-8,12-13,15H,4,9-11,14H2,1-3H3,(H2,21,22,23);1H. The van der Waals surface area contributed by atoms with Crippen molar-refractivity contribution in [1.82, 2.24) is 20.4 Å². The Hall–Kier alpha value is -1.32. The van der Waals surface area contributed by atoms with E-state index >= 15 is 0 Å². The average molecular weight is 506 g/mol. The number of benzene rings is 1. The molecular weight excluding hydrogens is 477 g/mol. The Morgan fingerprint density at radius 3 is 2.67 bits per heavy atom. The summed E-state index contributed by atoms with van der Waals surface area (Å²) >= 11 is 5.92. The molecule has 2 aromatic rings. The van der Waals surface area contributed by atoms with Crippen LogP contribution in [0.4, 0.5) is 0 Å². The Balaban J connectivity index is 0.00000364. The number of halogens is 2. The predicted molar refractivity (Wildman–Crippen MR) is 122 cm³/mol. The lowest BCUT2D eigenvalue weighted by molar-refractivity contribution is 0.108. The molecule has 0 bridgehead atoms. The van der Waals surface area contributed by atoms with E-state index in [-0.39, 0.29) is 24.0 Å². The smallest absolute Gasteiger partial charge is 0.191 e. The Labute approximate surface area is 183 Å². The first kappa shape index (κ1) is 23.7. The first-order valence-electron chi connectivity index (χ1n) is 8.90. The van der Waals surface area contributed by atoms with Gasteiger partial charge in [0.15, 0.2) is 5.96 Å². The molecule has 1 aromatic carbocycles. The summed E-state index contributed by atoms with van der Waals surface area (Å²) in [6.07, 6.45) is 4.78. The summed E-state index contributed by atoms with van der Waals surface area (Å²) in [7, 11) is 1.77. The molecule has 0 saturated carbocycles. The van der Waals surface area contributed by atoms with Crippen LogP contribution in [0.25, 0.3) is 5.69 Å². The van der Waals surface area contributed by atoms with E-state index in [1.807, 2.05) is 41.3 Å². The SMILES string of the molecule is CN=C(NCCCOCC(C)C)NCc1cnn(-c2ccc(Cl)cc2)c1.I. The number of nitrogens with one attached hydrogen (secondary N) is 2. The lowest BCUT2D eigenvalue weighted by Crippen LogP contribution is -2.37. The number of hydrogen-bond donors (Lipinski definition) is 2. The molecule has 150 valence electrons. The van der Waals surface area contributed by atoms with Gasteiger partial charge in [-0.2, -0.15) is 5.10 Å². The average Bonchev–Trinajstić information content (AvgIpc) is 3.10. The topological polar surface area (TPSA) is 63.5 Å². The highest BCUT2D eigenvalue weighted by atomic mass is 127. The number of guanidine groups is 1. The zero-order chi connectivity index (χ0) is 18.8. The van der Waals surface area contributed by atoms with E-state index in [0.717, 1.165) is 43.4 Å². The maximum absolute atomic E-state index is 5.92. The molecule has 2 N–H and O–H groups in total. The zero-order valence-corrected chi connectivity index (χ0v) is 19.2. The van der Waals surface area contributed by atoms with E-state index in [0.29, 0.717) is 17.5 Å². The summed E-state index contributed by atoms with van der Waals surface area (Å²) in [5.41, 5.74) is 2.05. The zero-order valence-electron chi connectivity index (χ0n) is 16.1. The Bertz CT molecular complexity index is 688. The van der Waals surface area contributed by atoms with Crippen molar-refractivity contribution in [2.75, 3.05) is 26.8 Å². The second-order valence-corrected chi connectivity index (χ2v) is 6.88. The van der Waals surface area contributed by atoms with Gasteiger partial charge < -0.3 is 15.4 Å². The van der Waals surface area contributed by atoms with Crippen molar-refractivity contribution in [3.63, 3.8) is 0 Å². The van der Waals surface area contributed by atoms with Gasteiger partial charge in [0.1, 0.15) is 0 Å². The molecule has 0 saturated heterocycles. The number of ether oxygens (including phenoxy) is 1. The third-order valence-electron chi connectivity index (χ3n) is 3.62. The Kier molecular flexibility index (Phi) is 11.4. The maximum atomic E-state index is 5.92. The summed E-state index contributed by atoms with van der Waals surface area (Å²) in [6.45, 7) is 7.34. The second kappa shape index (κ2) is 13.0. The lowest BCUT2D eigenvalue weighted by Gasteiger charge is -2.11. The van der Waals surface area contributed by atoms with Crippen molar-refractivity contribution >= 4 is 41.5 Å². The number of rotatable bonds is 9. The molecule has 0 radical (unpaired) electrons. The molecule has 1 aromatic heterocycles. The number of aliphatic imine (C=N–C) groups is 1.